The summed E-state index contributed by atoms with van der Waals surface area (Å²) in [6, 6.07) is 21.5. The topological polar surface area (TPSA) is 46.6 Å². The van der Waals surface area contributed by atoms with E-state index < -0.39 is 12.1 Å². The third-order valence-electron chi connectivity index (χ3n) is 4.42. The van der Waals surface area contributed by atoms with Crippen LogP contribution in [0.1, 0.15) is 33.3 Å². The lowest BCUT2D eigenvalue weighted by Crippen LogP contribution is -2.39. The highest BCUT2D eigenvalue weighted by Gasteiger charge is 2.25. The van der Waals surface area contributed by atoms with Crippen LogP contribution in [0, 0.1) is 6.92 Å². The van der Waals surface area contributed by atoms with Gasteiger partial charge in [-0.2, -0.15) is 0 Å². The maximum absolute atomic E-state index is 13.1. The number of amides is 1. The van der Waals surface area contributed by atoms with Crippen LogP contribution in [0.3, 0.4) is 0 Å². The number of benzene rings is 2. The Labute approximate surface area is 169 Å². The van der Waals surface area contributed by atoms with E-state index in [1.54, 1.807) is 11.8 Å². The molecule has 2 aromatic carbocycles. The van der Waals surface area contributed by atoms with Crippen molar-refractivity contribution in [2.24, 2.45) is 0 Å². The minimum absolute atomic E-state index is 0.213. The summed E-state index contributed by atoms with van der Waals surface area (Å²) in [6.45, 7) is 4.39. The average Bonchev–Trinajstić information content (AvgIpc) is 3.14. The van der Waals surface area contributed by atoms with Gasteiger partial charge in [-0.15, -0.1) is 11.3 Å². The lowest BCUT2D eigenvalue weighted by Gasteiger charge is -2.26. The highest BCUT2D eigenvalue weighted by atomic mass is 32.1. The zero-order chi connectivity index (χ0) is 19.9. The minimum Gasteiger partial charge on any atom is -0.448 e. The standard InChI is InChI=1S/C23H23NO3S/c1-17-13-14-28-21(17)23(26)27-18(2)22(25)24(15-19-9-5-3-6-10-19)16-20-11-7-4-8-12-20/h3-14,18H,15-16H2,1-2H3. The fourth-order valence-electron chi connectivity index (χ4n) is 2.92. The molecule has 0 spiro atoms. The van der Waals surface area contributed by atoms with Gasteiger partial charge in [0, 0.05) is 13.1 Å². The number of aryl methyl sites for hydroxylation is 1. The fourth-order valence-corrected chi connectivity index (χ4v) is 3.73. The normalized spacial score (nSPS) is 11.6. The van der Waals surface area contributed by atoms with E-state index in [0.717, 1.165) is 16.7 Å². The third-order valence-corrected chi connectivity index (χ3v) is 5.42. The Hall–Kier alpha value is -2.92. The number of carbonyl (C=O) groups is 2. The molecule has 1 amide bonds. The number of carbonyl (C=O) groups excluding carboxylic acids is 2. The molecule has 0 radical (unpaired) electrons. The monoisotopic (exact) mass is 393 g/mol. The smallest absolute Gasteiger partial charge is 0.349 e. The molecule has 1 aromatic heterocycles. The quantitative estimate of drug-likeness (QED) is 0.540. The van der Waals surface area contributed by atoms with E-state index in [1.807, 2.05) is 79.0 Å². The molecule has 0 aliphatic heterocycles. The molecule has 0 N–H and O–H groups in total. The van der Waals surface area contributed by atoms with Gasteiger partial charge < -0.3 is 9.64 Å². The van der Waals surface area contributed by atoms with Crippen molar-refractivity contribution in [3.8, 4) is 0 Å². The summed E-state index contributed by atoms with van der Waals surface area (Å²) in [7, 11) is 0. The highest BCUT2D eigenvalue weighted by molar-refractivity contribution is 7.12. The van der Waals surface area contributed by atoms with Crippen LogP contribution in [-0.4, -0.2) is 22.9 Å². The van der Waals surface area contributed by atoms with Crippen molar-refractivity contribution in [1.82, 2.24) is 4.90 Å². The Morgan fingerprint density at radius 2 is 1.46 bits per heavy atom. The van der Waals surface area contributed by atoms with Crippen LogP contribution in [-0.2, 0) is 22.6 Å². The fraction of sp³-hybridized carbons (Fsp3) is 0.217. The first-order valence-corrected chi connectivity index (χ1v) is 10.0. The maximum Gasteiger partial charge on any atom is 0.349 e. The molecule has 144 valence electrons. The van der Waals surface area contributed by atoms with Crippen molar-refractivity contribution >= 4 is 23.2 Å². The lowest BCUT2D eigenvalue weighted by atomic mass is 10.1. The van der Waals surface area contributed by atoms with Crippen molar-refractivity contribution in [1.29, 1.82) is 0 Å². The van der Waals surface area contributed by atoms with Gasteiger partial charge in [0.2, 0.25) is 0 Å². The van der Waals surface area contributed by atoms with E-state index in [1.165, 1.54) is 11.3 Å². The highest BCUT2D eigenvalue weighted by Crippen LogP contribution is 2.19. The second kappa shape index (κ2) is 9.33. The molecule has 0 saturated heterocycles. The molecule has 3 rings (SSSR count). The zero-order valence-electron chi connectivity index (χ0n) is 16.0. The van der Waals surface area contributed by atoms with Crippen molar-refractivity contribution in [2.75, 3.05) is 0 Å². The summed E-state index contributed by atoms with van der Waals surface area (Å²) < 4.78 is 5.47. The van der Waals surface area contributed by atoms with E-state index in [-0.39, 0.29) is 5.91 Å². The summed E-state index contributed by atoms with van der Waals surface area (Å²) in [4.78, 5) is 27.8. The van der Waals surface area contributed by atoms with Crippen LogP contribution in [0.2, 0.25) is 0 Å². The molecule has 1 atom stereocenters. The van der Waals surface area contributed by atoms with Gasteiger partial charge in [0.25, 0.3) is 5.91 Å². The molecule has 0 bridgehead atoms. The van der Waals surface area contributed by atoms with Gasteiger partial charge in [0.05, 0.1) is 0 Å². The molecular formula is C23H23NO3S. The maximum atomic E-state index is 13.1. The summed E-state index contributed by atoms with van der Waals surface area (Å²) >= 11 is 1.33. The number of esters is 1. The van der Waals surface area contributed by atoms with Gasteiger partial charge in [-0.1, -0.05) is 60.7 Å². The molecule has 4 nitrogen and oxygen atoms in total. The van der Waals surface area contributed by atoms with E-state index in [9.17, 15) is 9.59 Å². The molecule has 0 aliphatic rings. The Kier molecular flexibility index (Phi) is 6.61. The zero-order valence-corrected chi connectivity index (χ0v) is 16.8. The van der Waals surface area contributed by atoms with E-state index in [0.29, 0.717) is 18.0 Å². The lowest BCUT2D eigenvalue weighted by molar-refractivity contribution is -0.141. The van der Waals surface area contributed by atoms with Gasteiger partial charge >= 0.3 is 5.97 Å². The van der Waals surface area contributed by atoms with Crippen LogP contribution in [0.25, 0.3) is 0 Å². The largest absolute Gasteiger partial charge is 0.448 e. The predicted octanol–water partition coefficient (Wildman–Crippen LogP) is 4.83. The molecule has 5 heteroatoms. The SMILES string of the molecule is Cc1ccsc1C(=O)OC(C)C(=O)N(Cc1ccccc1)Cc1ccccc1. The van der Waals surface area contributed by atoms with Gasteiger partial charge in [0.1, 0.15) is 4.88 Å². The van der Waals surface area contributed by atoms with Crippen LogP contribution in [0.5, 0.6) is 0 Å². The van der Waals surface area contributed by atoms with Gasteiger partial charge in [-0.05, 0) is 42.0 Å². The number of hydrogen-bond donors (Lipinski definition) is 0. The van der Waals surface area contributed by atoms with E-state index in [4.69, 9.17) is 4.74 Å². The third kappa shape index (κ3) is 5.08. The molecule has 0 aliphatic carbocycles. The number of rotatable bonds is 7. The van der Waals surface area contributed by atoms with Crippen molar-refractivity contribution in [2.45, 2.75) is 33.0 Å². The Morgan fingerprint density at radius 1 is 0.929 bits per heavy atom. The molecule has 1 heterocycles. The second-order valence-electron chi connectivity index (χ2n) is 6.65. The second-order valence-corrected chi connectivity index (χ2v) is 7.56. The summed E-state index contributed by atoms with van der Waals surface area (Å²) in [5.41, 5.74) is 2.92. The number of thiophene rings is 1. The molecule has 28 heavy (non-hydrogen) atoms. The van der Waals surface area contributed by atoms with Crippen LogP contribution < -0.4 is 0 Å². The first-order chi connectivity index (χ1) is 13.5. The Bertz CT molecular complexity index is 880. The first-order valence-electron chi connectivity index (χ1n) is 9.16. The summed E-state index contributed by atoms with van der Waals surface area (Å²) in [5.74, 6) is -0.664. The van der Waals surface area contributed by atoms with Gasteiger partial charge in [-0.25, -0.2) is 4.79 Å². The molecule has 0 saturated carbocycles. The summed E-state index contributed by atoms with van der Waals surface area (Å²) in [5, 5.41) is 1.84. The first kappa shape index (κ1) is 19.8. The minimum atomic E-state index is -0.860. The Morgan fingerprint density at radius 3 is 1.93 bits per heavy atom. The number of nitrogens with zero attached hydrogens (tertiary/aromatic N) is 1. The summed E-state index contributed by atoms with van der Waals surface area (Å²) in [6.07, 6.45) is -0.860. The van der Waals surface area contributed by atoms with Gasteiger partial charge in [0.15, 0.2) is 6.10 Å². The van der Waals surface area contributed by atoms with E-state index >= 15 is 0 Å². The van der Waals surface area contributed by atoms with Crippen molar-refractivity contribution < 1.29 is 14.3 Å². The van der Waals surface area contributed by atoms with Crippen molar-refractivity contribution in [3.05, 3.63) is 93.7 Å². The van der Waals surface area contributed by atoms with Gasteiger partial charge in [-0.3, -0.25) is 4.79 Å². The average molecular weight is 394 g/mol. The van der Waals surface area contributed by atoms with Crippen LogP contribution in [0.4, 0.5) is 0 Å². The van der Waals surface area contributed by atoms with Crippen LogP contribution >= 0.6 is 11.3 Å². The molecular weight excluding hydrogens is 370 g/mol. The van der Waals surface area contributed by atoms with Crippen LogP contribution in [0.15, 0.2) is 72.1 Å². The molecule has 0 fully saturated rings. The molecule has 3 aromatic rings. The number of hydrogen-bond acceptors (Lipinski definition) is 4. The predicted molar refractivity (Wildman–Crippen MR) is 111 cm³/mol. The Balaban J connectivity index is 1.74. The number of ether oxygens (including phenoxy) is 1. The van der Waals surface area contributed by atoms with E-state index in [2.05, 4.69) is 0 Å². The molecule has 1 unspecified atom stereocenters. The van der Waals surface area contributed by atoms with Crippen molar-refractivity contribution in [3.63, 3.8) is 0 Å².